The average Bonchev–Trinajstić information content (AvgIpc) is 3.06. The van der Waals surface area contributed by atoms with Gasteiger partial charge in [0.2, 0.25) is 10.0 Å². The highest BCUT2D eigenvalue weighted by Crippen LogP contribution is 2.33. The summed E-state index contributed by atoms with van der Waals surface area (Å²) in [5.74, 6) is 0.815. The zero-order valence-electron chi connectivity index (χ0n) is 17.4. The van der Waals surface area contributed by atoms with Crippen LogP contribution in [-0.2, 0) is 22.9 Å². The van der Waals surface area contributed by atoms with E-state index in [4.69, 9.17) is 16.3 Å². The maximum atomic E-state index is 11.4. The molecule has 0 aliphatic carbocycles. The molecule has 2 aliphatic heterocycles. The van der Waals surface area contributed by atoms with Gasteiger partial charge in [-0.2, -0.15) is 0 Å². The number of hydrogen-bond donors (Lipinski definition) is 2. The van der Waals surface area contributed by atoms with E-state index >= 15 is 0 Å². The molecule has 0 saturated carbocycles. The summed E-state index contributed by atoms with van der Waals surface area (Å²) in [4.78, 5) is 2.34. The molecule has 2 aromatic rings. The highest BCUT2D eigenvalue weighted by molar-refractivity contribution is 7.92. The van der Waals surface area contributed by atoms with Gasteiger partial charge in [-0.3, -0.25) is 9.62 Å². The second-order valence-corrected chi connectivity index (χ2v) is 10.7. The minimum atomic E-state index is -3.30. The smallest absolute Gasteiger partial charge is 0.229 e. The first-order valence-electron chi connectivity index (χ1n) is 10.1. The maximum absolute atomic E-state index is 11.4. The van der Waals surface area contributed by atoms with Crippen molar-refractivity contribution in [3.8, 4) is 5.75 Å². The Bertz CT molecular complexity index is 1010. The van der Waals surface area contributed by atoms with Gasteiger partial charge in [0.1, 0.15) is 11.9 Å². The van der Waals surface area contributed by atoms with Gasteiger partial charge in [-0.1, -0.05) is 23.7 Å². The summed E-state index contributed by atoms with van der Waals surface area (Å²) in [7, 11) is -3.30. The second kappa shape index (κ2) is 9.55. The van der Waals surface area contributed by atoms with Gasteiger partial charge in [-0.15, -0.1) is 12.4 Å². The number of aliphatic hydroxyl groups is 1. The summed E-state index contributed by atoms with van der Waals surface area (Å²) in [6.45, 7) is 2.43. The zero-order chi connectivity index (χ0) is 21.4. The third-order valence-corrected chi connectivity index (χ3v) is 6.66. The highest BCUT2D eigenvalue weighted by atomic mass is 35.5. The fraction of sp³-hybridized carbons (Fsp3) is 0.455. The van der Waals surface area contributed by atoms with Crippen LogP contribution in [0.1, 0.15) is 24.0 Å². The van der Waals surface area contributed by atoms with Crippen LogP contribution < -0.4 is 9.46 Å². The van der Waals surface area contributed by atoms with E-state index in [0.717, 1.165) is 62.0 Å². The third kappa shape index (κ3) is 6.49. The van der Waals surface area contributed by atoms with Crippen molar-refractivity contribution in [3.05, 3.63) is 58.6 Å². The van der Waals surface area contributed by atoms with E-state index in [2.05, 4.69) is 9.62 Å². The summed E-state index contributed by atoms with van der Waals surface area (Å²) in [5, 5.41) is 11.7. The Labute approximate surface area is 195 Å². The SMILES string of the molecule is CS(=O)(=O)Nc1ccc2c(c1)CC(CN1CCC(O)(Cc3ccc(Cl)cc3)CC1)O2.Cl. The summed E-state index contributed by atoms with van der Waals surface area (Å²) >= 11 is 5.95. The molecule has 1 fully saturated rings. The Morgan fingerprint density at radius 1 is 1.19 bits per heavy atom. The molecule has 6 nitrogen and oxygen atoms in total. The monoisotopic (exact) mass is 486 g/mol. The number of likely N-dealkylation sites (tertiary alicyclic amines) is 1. The summed E-state index contributed by atoms with van der Waals surface area (Å²) < 4.78 is 31.4. The molecule has 1 saturated heterocycles. The topological polar surface area (TPSA) is 78.9 Å². The Kier molecular flexibility index (Phi) is 7.43. The Hall–Kier alpha value is -1.51. The number of rotatable bonds is 6. The van der Waals surface area contributed by atoms with E-state index in [0.29, 0.717) is 17.1 Å². The largest absolute Gasteiger partial charge is 0.488 e. The standard InChI is InChI=1S/C22H27ClN2O4S.ClH/c1-30(27,28)24-19-6-7-21-17(12-19)13-20(29-21)15-25-10-8-22(26,9-11-25)14-16-2-4-18(23)5-3-16;/h2-7,12,20,24,26H,8-11,13-15H2,1H3;1H. The lowest BCUT2D eigenvalue weighted by Gasteiger charge is -2.39. The van der Waals surface area contributed by atoms with Crippen LogP contribution in [0.3, 0.4) is 0 Å². The van der Waals surface area contributed by atoms with Crippen molar-refractivity contribution >= 4 is 39.7 Å². The van der Waals surface area contributed by atoms with Gasteiger partial charge in [0, 0.05) is 43.2 Å². The van der Waals surface area contributed by atoms with E-state index in [1.54, 1.807) is 6.07 Å². The summed E-state index contributed by atoms with van der Waals surface area (Å²) in [6.07, 6.45) is 4.01. The van der Waals surface area contributed by atoms with Gasteiger partial charge in [-0.25, -0.2) is 8.42 Å². The van der Waals surface area contributed by atoms with Crippen LogP contribution in [0, 0.1) is 0 Å². The number of fused-ring (bicyclic) bond motifs is 1. The number of anilines is 1. The number of piperidine rings is 1. The molecule has 0 bridgehead atoms. The minimum Gasteiger partial charge on any atom is -0.488 e. The van der Waals surface area contributed by atoms with Crippen LogP contribution in [0.5, 0.6) is 5.75 Å². The number of ether oxygens (including phenoxy) is 1. The van der Waals surface area contributed by atoms with Crippen molar-refractivity contribution in [2.45, 2.75) is 37.4 Å². The van der Waals surface area contributed by atoms with Crippen molar-refractivity contribution < 1.29 is 18.3 Å². The molecule has 2 aromatic carbocycles. The molecular formula is C22H28Cl2N2O4S. The average molecular weight is 487 g/mol. The van der Waals surface area contributed by atoms with Gasteiger partial charge in [0.25, 0.3) is 0 Å². The predicted octanol–water partition coefficient (Wildman–Crippen LogP) is 3.51. The maximum Gasteiger partial charge on any atom is 0.229 e. The van der Waals surface area contributed by atoms with Crippen molar-refractivity contribution in [1.29, 1.82) is 0 Å². The van der Waals surface area contributed by atoms with E-state index in [9.17, 15) is 13.5 Å². The molecule has 2 aliphatic rings. The van der Waals surface area contributed by atoms with Gasteiger partial charge in [0.15, 0.2) is 0 Å². The number of hydrogen-bond acceptors (Lipinski definition) is 5. The van der Waals surface area contributed by atoms with Gasteiger partial charge < -0.3 is 9.84 Å². The van der Waals surface area contributed by atoms with E-state index in [1.807, 2.05) is 36.4 Å². The Morgan fingerprint density at radius 2 is 1.87 bits per heavy atom. The lowest BCUT2D eigenvalue weighted by molar-refractivity contribution is -0.0264. The molecule has 0 radical (unpaired) electrons. The van der Waals surface area contributed by atoms with Crippen LogP contribution in [0.25, 0.3) is 0 Å². The molecule has 1 atom stereocenters. The van der Waals surface area contributed by atoms with Crippen molar-refractivity contribution in [3.63, 3.8) is 0 Å². The molecule has 170 valence electrons. The highest BCUT2D eigenvalue weighted by Gasteiger charge is 2.34. The molecule has 0 amide bonds. The third-order valence-electron chi connectivity index (χ3n) is 5.80. The van der Waals surface area contributed by atoms with Crippen LogP contribution in [-0.4, -0.2) is 56.0 Å². The first-order valence-corrected chi connectivity index (χ1v) is 12.4. The normalized spacial score (nSPS) is 20.4. The fourth-order valence-corrected chi connectivity index (χ4v) is 4.98. The van der Waals surface area contributed by atoms with Crippen LogP contribution in [0.15, 0.2) is 42.5 Å². The Morgan fingerprint density at radius 3 is 2.52 bits per heavy atom. The van der Waals surface area contributed by atoms with Crippen molar-refractivity contribution in [2.75, 3.05) is 30.6 Å². The van der Waals surface area contributed by atoms with Crippen LogP contribution >= 0.6 is 24.0 Å². The van der Waals surface area contributed by atoms with Crippen molar-refractivity contribution in [1.82, 2.24) is 4.90 Å². The number of nitrogens with one attached hydrogen (secondary N) is 1. The van der Waals surface area contributed by atoms with E-state index in [1.165, 1.54) is 0 Å². The summed E-state index contributed by atoms with van der Waals surface area (Å²) in [6, 6.07) is 13.1. The predicted molar refractivity (Wildman–Crippen MR) is 126 cm³/mol. The van der Waals surface area contributed by atoms with Gasteiger partial charge in [-0.05, 0) is 54.3 Å². The molecule has 0 aromatic heterocycles. The van der Waals surface area contributed by atoms with Gasteiger partial charge >= 0.3 is 0 Å². The molecule has 9 heteroatoms. The quantitative estimate of drug-likeness (QED) is 0.652. The molecule has 31 heavy (non-hydrogen) atoms. The molecule has 0 spiro atoms. The van der Waals surface area contributed by atoms with Crippen LogP contribution in [0.4, 0.5) is 5.69 Å². The first kappa shape index (κ1) is 24.1. The van der Waals surface area contributed by atoms with Crippen LogP contribution in [0.2, 0.25) is 5.02 Å². The molecule has 1 unspecified atom stereocenters. The minimum absolute atomic E-state index is 0. The Balaban J connectivity index is 0.00000272. The number of halogens is 2. The number of sulfonamides is 1. The number of benzene rings is 2. The lowest BCUT2D eigenvalue weighted by atomic mass is 9.85. The number of nitrogens with zero attached hydrogens (tertiary/aromatic N) is 1. The van der Waals surface area contributed by atoms with E-state index < -0.39 is 15.6 Å². The zero-order valence-corrected chi connectivity index (χ0v) is 19.8. The van der Waals surface area contributed by atoms with E-state index in [-0.39, 0.29) is 18.5 Å². The molecule has 2 heterocycles. The van der Waals surface area contributed by atoms with Crippen molar-refractivity contribution in [2.24, 2.45) is 0 Å². The van der Waals surface area contributed by atoms with Gasteiger partial charge in [0.05, 0.1) is 11.9 Å². The molecule has 4 rings (SSSR count). The summed E-state index contributed by atoms with van der Waals surface area (Å²) in [5.41, 5.74) is 2.00. The first-order chi connectivity index (χ1) is 14.2. The molecule has 2 N–H and O–H groups in total. The fourth-order valence-electron chi connectivity index (χ4n) is 4.30. The lowest BCUT2D eigenvalue weighted by Crippen LogP contribution is -2.48. The second-order valence-electron chi connectivity index (χ2n) is 8.47. The molecular weight excluding hydrogens is 459 g/mol.